The van der Waals surface area contributed by atoms with Gasteiger partial charge < -0.3 is 29.0 Å². The Morgan fingerprint density at radius 3 is 2.23 bits per heavy atom. The molecule has 9 heteroatoms. The summed E-state index contributed by atoms with van der Waals surface area (Å²) in [6.45, 7) is 7.22. The molecule has 0 aromatic heterocycles. The SMILES string of the molecule is CCOC(=O)C1=C(C)NC2=C(C(=O)CC(c3ccc(OC)c(OC)c3)C2)C1c1ccc(OC(C)=O)c(OCC)c1. The minimum atomic E-state index is -0.681. The van der Waals surface area contributed by atoms with Crippen LogP contribution in [0.15, 0.2) is 58.9 Å². The number of ether oxygens (including phenoxy) is 5. The van der Waals surface area contributed by atoms with Crippen LogP contribution in [0.4, 0.5) is 0 Å². The average molecular weight is 550 g/mol. The van der Waals surface area contributed by atoms with Gasteiger partial charge in [0.15, 0.2) is 28.8 Å². The van der Waals surface area contributed by atoms with Crippen LogP contribution in [-0.4, -0.2) is 45.2 Å². The van der Waals surface area contributed by atoms with Crippen molar-refractivity contribution >= 4 is 17.7 Å². The first-order valence-corrected chi connectivity index (χ1v) is 13.3. The molecule has 2 aromatic carbocycles. The molecule has 1 heterocycles. The van der Waals surface area contributed by atoms with Gasteiger partial charge in [-0.25, -0.2) is 4.79 Å². The van der Waals surface area contributed by atoms with Gasteiger partial charge in [-0.3, -0.25) is 9.59 Å². The van der Waals surface area contributed by atoms with Crippen molar-refractivity contribution in [3.05, 3.63) is 70.1 Å². The maximum absolute atomic E-state index is 13.9. The van der Waals surface area contributed by atoms with Crippen LogP contribution in [0.2, 0.25) is 0 Å². The van der Waals surface area contributed by atoms with Gasteiger partial charge in [-0.05, 0) is 68.5 Å². The summed E-state index contributed by atoms with van der Waals surface area (Å²) in [4.78, 5) is 38.8. The molecular weight excluding hydrogens is 514 g/mol. The Morgan fingerprint density at radius 1 is 0.900 bits per heavy atom. The molecule has 0 saturated carbocycles. The number of rotatable bonds is 9. The van der Waals surface area contributed by atoms with E-state index in [-0.39, 0.29) is 30.5 Å². The first-order chi connectivity index (χ1) is 19.2. The van der Waals surface area contributed by atoms with Crippen molar-refractivity contribution in [1.29, 1.82) is 0 Å². The normalized spacial score (nSPS) is 18.5. The topological polar surface area (TPSA) is 109 Å². The fourth-order valence-electron chi connectivity index (χ4n) is 5.41. The molecule has 0 saturated heterocycles. The molecule has 0 amide bonds. The molecule has 40 heavy (non-hydrogen) atoms. The highest BCUT2D eigenvalue weighted by molar-refractivity contribution is 6.04. The van der Waals surface area contributed by atoms with Gasteiger partial charge in [-0.15, -0.1) is 0 Å². The molecule has 9 nitrogen and oxygen atoms in total. The molecule has 1 N–H and O–H groups in total. The summed E-state index contributed by atoms with van der Waals surface area (Å²) in [6, 6.07) is 10.8. The van der Waals surface area contributed by atoms with Crippen molar-refractivity contribution in [1.82, 2.24) is 5.32 Å². The van der Waals surface area contributed by atoms with Crippen LogP contribution in [0.25, 0.3) is 0 Å². The van der Waals surface area contributed by atoms with E-state index in [4.69, 9.17) is 23.7 Å². The lowest BCUT2D eigenvalue weighted by atomic mass is 9.71. The third kappa shape index (κ3) is 5.68. The molecular formula is C31H35NO8. The molecule has 0 fully saturated rings. The number of carbonyl (C=O) groups is 3. The van der Waals surface area contributed by atoms with E-state index in [1.165, 1.54) is 6.92 Å². The number of ketones is 1. The van der Waals surface area contributed by atoms with E-state index in [2.05, 4.69) is 5.32 Å². The van der Waals surface area contributed by atoms with Crippen LogP contribution >= 0.6 is 0 Å². The zero-order chi connectivity index (χ0) is 29.0. The van der Waals surface area contributed by atoms with Crippen LogP contribution in [0.3, 0.4) is 0 Å². The van der Waals surface area contributed by atoms with E-state index in [1.54, 1.807) is 39.3 Å². The molecule has 2 atom stereocenters. The van der Waals surface area contributed by atoms with Crippen molar-refractivity contribution < 1.29 is 38.1 Å². The Balaban J connectivity index is 1.81. The fourth-order valence-corrected chi connectivity index (χ4v) is 5.41. The number of Topliss-reactive ketones (excluding diaryl/α,β-unsaturated/α-hetero) is 1. The Bertz CT molecular complexity index is 1390. The zero-order valence-corrected chi connectivity index (χ0v) is 23.7. The quantitative estimate of drug-likeness (QED) is 0.343. The number of carbonyl (C=O) groups excluding carboxylic acids is 3. The highest BCUT2D eigenvalue weighted by Crippen LogP contribution is 2.47. The maximum atomic E-state index is 13.9. The number of benzene rings is 2. The van der Waals surface area contributed by atoms with Crippen molar-refractivity contribution in [3.8, 4) is 23.0 Å². The number of hydrogen-bond donors (Lipinski definition) is 1. The van der Waals surface area contributed by atoms with Gasteiger partial charge in [0.2, 0.25) is 0 Å². The third-order valence-electron chi connectivity index (χ3n) is 7.06. The number of methoxy groups -OCH3 is 2. The lowest BCUT2D eigenvalue weighted by Gasteiger charge is -2.37. The van der Waals surface area contributed by atoms with E-state index in [0.717, 1.165) is 11.3 Å². The lowest BCUT2D eigenvalue weighted by Crippen LogP contribution is -2.36. The van der Waals surface area contributed by atoms with E-state index in [1.807, 2.05) is 32.0 Å². The maximum Gasteiger partial charge on any atom is 0.336 e. The number of allylic oxidation sites excluding steroid dienone is 3. The van der Waals surface area contributed by atoms with Gasteiger partial charge in [-0.1, -0.05) is 12.1 Å². The van der Waals surface area contributed by atoms with Crippen LogP contribution in [0.5, 0.6) is 23.0 Å². The Kier molecular flexibility index (Phi) is 8.82. The average Bonchev–Trinajstić information content (AvgIpc) is 2.92. The number of dihydropyridines is 1. The second kappa shape index (κ2) is 12.3. The highest BCUT2D eigenvalue weighted by Gasteiger charge is 2.41. The number of hydrogen-bond acceptors (Lipinski definition) is 9. The van der Waals surface area contributed by atoms with E-state index in [9.17, 15) is 14.4 Å². The summed E-state index contributed by atoms with van der Waals surface area (Å²) in [5, 5.41) is 3.35. The summed E-state index contributed by atoms with van der Waals surface area (Å²) >= 11 is 0. The van der Waals surface area contributed by atoms with Crippen molar-refractivity contribution in [3.63, 3.8) is 0 Å². The molecule has 2 aliphatic rings. The van der Waals surface area contributed by atoms with Gasteiger partial charge in [0.25, 0.3) is 0 Å². The Morgan fingerprint density at radius 2 is 1.57 bits per heavy atom. The van der Waals surface area contributed by atoms with Gasteiger partial charge in [-0.2, -0.15) is 0 Å². The Labute approximate surface area is 234 Å². The molecule has 1 aliphatic carbocycles. The molecule has 2 unspecified atom stereocenters. The van der Waals surface area contributed by atoms with Gasteiger partial charge in [0.05, 0.1) is 33.0 Å². The molecule has 0 radical (unpaired) electrons. The first kappa shape index (κ1) is 28.7. The summed E-state index contributed by atoms with van der Waals surface area (Å²) in [7, 11) is 3.16. The smallest absolute Gasteiger partial charge is 0.336 e. The first-order valence-electron chi connectivity index (χ1n) is 13.3. The molecule has 212 valence electrons. The third-order valence-corrected chi connectivity index (χ3v) is 7.06. The summed E-state index contributed by atoms with van der Waals surface area (Å²) in [5.74, 6) is -0.00142. The van der Waals surface area contributed by atoms with Crippen molar-refractivity contribution in [2.24, 2.45) is 0 Å². The number of esters is 2. The summed E-state index contributed by atoms with van der Waals surface area (Å²) < 4.78 is 27.4. The van der Waals surface area contributed by atoms with E-state index in [0.29, 0.717) is 52.7 Å². The fraction of sp³-hybridized carbons (Fsp3) is 0.387. The molecule has 0 spiro atoms. The standard InChI is InChI=1S/C31H35NO8/c1-7-38-27-16-20(10-12-25(27)40-18(4)33)29-28(31(35)39-8-2)17(3)32-22-13-21(14-23(34)30(22)29)19-9-11-24(36-5)26(15-19)37-6/h9-12,15-16,21,29,32H,7-8,13-14H2,1-6H3. The summed E-state index contributed by atoms with van der Waals surface area (Å²) in [6.07, 6.45) is 0.815. The van der Waals surface area contributed by atoms with Gasteiger partial charge >= 0.3 is 11.9 Å². The van der Waals surface area contributed by atoms with Crippen LogP contribution in [0, 0.1) is 0 Å². The minimum Gasteiger partial charge on any atom is -0.493 e. The number of nitrogens with one attached hydrogen (secondary N) is 1. The van der Waals surface area contributed by atoms with Crippen LogP contribution in [-0.2, 0) is 19.1 Å². The van der Waals surface area contributed by atoms with Gasteiger partial charge in [0.1, 0.15) is 0 Å². The summed E-state index contributed by atoms with van der Waals surface area (Å²) in [5.41, 5.74) is 3.87. The van der Waals surface area contributed by atoms with Crippen molar-refractivity contribution in [2.75, 3.05) is 27.4 Å². The second-order valence-electron chi connectivity index (χ2n) is 9.58. The molecule has 2 aromatic rings. The zero-order valence-electron chi connectivity index (χ0n) is 23.7. The molecule has 4 rings (SSSR count). The Hall–Kier alpha value is -4.27. The van der Waals surface area contributed by atoms with E-state index >= 15 is 0 Å². The van der Waals surface area contributed by atoms with Crippen LogP contribution in [0.1, 0.15) is 63.5 Å². The van der Waals surface area contributed by atoms with E-state index < -0.39 is 17.9 Å². The monoisotopic (exact) mass is 549 g/mol. The van der Waals surface area contributed by atoms with Crippen LogP contribution < -0.4 is 24.3 Å². The predicted molar refractivity (Wildman–Crippen MR) is 148 cm³/mol. The molecule has 1 aliphatic heterocycles. The molecule has 0 bridgehead atoms. The predicted octanol–water partition coefficient (Wildman–Crippen LogP) is 4.95. The minimum absolute atomic E-state index is 0.0742. The lowest BCUT2D eigenvalue weighted by molar-refractivity contribution is -0.139. The van der Waals surface area contributed by atoms with Crippen molar-refractivity contribution in [2.45, 2.75) is 52.4 Å². The van der Waals surface area contributed by atoms with Gasteiger partial charge in [0, 0.05) is 36.2 Å². The second-order valence-corrected chi connectivity index (χ2v) is 9.58. The highest BCUT2D eigenvalue weighted by atomic mass is 16.6. The largest absolute Gasteiger partial charge is 0.493 e.